The van der Waals surface area contributed by atoms with Crippen LogP contribution in [0.4, 0.5) is 4.39 Å². The Morgan fingerprint density at radius 1 is 1.24 bits per heavy atom. The van der Waals surface area contributed by atoms with Gasteiger partial charge in [0, 0.05) is 43.9 Å². The molecule has 3 rings (SSSR count). The van der Waals surface area contributed by atoms with Crippen LogP contribution in [-0.4, -0.2) is 38.2 Å². The largest absolute Gasteiger partial charge is 0.496 e. The maximum atomic E-state index is 13.4. The summed E-state index contributed by atoms with van der Waals surface area (Å²) in [7, 11) is 1.62. The van der Waals surface area contributed by atoms with Crippen molar-refractivity contribution in [3.8, 4) is 5.75 Å². The quantitative estimate of drug-likeness (QED) is 0.914. The molecule has 0 aromatic heterocycles. The Morgan fingerprint density at radius 2 is 1.90 bits per heavy atom. The highest BCUT2D eigenvalue weighted by Crippen LogP contribution is 2.47. The van der Waals surface area contributed by atoms with Gasteiger partial charge in [-0.25, -0.2) is 4.39 Å². The summed E-state index contributed by atoms with van der Waals surface area (Å²) in [5.41, 5.74) is 1.15. The summed E-state index contributed by atoms with van der Waals surface area (Å²) in [6.07, 6.45) is 2.55. The Hall–Kier alpha value is -0.550. The number of hydrogen-bond acceptors (Lipinski definition) is 3. The predicted octanol–water partition coefficient (Wildman–Crippen LogP) is 3.03. The lowest BCUT2D eigenvalue weighted by atomic mass is 9.98. The molecule has 1 aromatic carbocycles. The molecule has 6 heteroatoms. The first kappa shape index (κ1) is 18.5. The molecule has 0 amide bonds. The molecule has 1 N–H and O–H groups in total. The SMILES string of the molecule is COc1cc(F)ccc1[C@@H](C1CC1)N1CCNCC1.Cl.Cl. The highest BCUT2D eigenvalue weighted by atomic mass is 35.5. The summed E-state index contributed by atoms with van der Waals surface area (Å²) in [5.74, 6) is 1.17. The van der Waals surface area contributed by atoms with Gasteiger partial charge in [-0.2, -0.15) is 0 Å². The van der Waals surface area contributed by atoms with E-state index in [-0.39, 0.29) is 30.6 Å². The van der Waals surface area contributed by atoms with Crippen molar-refractivity contribution in [1.29, 1.82) is 0 Å². The molecule has 2 aliphatic rings. The van der Waals surface area contributed by atoms with Crippen LogP contribution < -0.4 is 10.1 Å². The molecule has 0 radical (unpaired) electrons. The van der Waals surface area contributed by atoms with Gasteiger partial charge >= 0.3 is 0 Å². The molecular formula is C15H23Cl2FN2O. The van der Waals surface area contributed by atoms with Crippen molar-refractivity contribution < 1.29 is 9.13 Å². The molecule has 3 nitrogen and oxygen atoms in total. The number of ether oxygens (including phenoxy) is 1. The van der Waals surface area contributed by atoms with Crippen molar-refractivity contribution >= 4 is 24.8 Å². The molecule has 2 fully saturated rings. The molecule has 1 aromatic rings. The standard InChI is InChI=1S/C15H21FN2O.2ClH/c1-19-14-10-12(16)4-5-13(14)15(11-2-3-11)18-8-6-17-7-9-18;;/h4-5,10-11,15,17H,2-3,6-9H2,1H3;2*1H/t15-;;/m1../s1. The number of nitrogens with one attached hydrogen (secondary N) is 1. The summed E-state index contributed by atoms with van der Waals surface area (Å²) in [4.78, 5) is 2.52. The minimum atomic E-state index is -0.226. The van der Waals surface area contributed by atoms with Crippen LogP contribution in [0.3, 0.4) is 0 Å². The zero-order chi connectivity index (χ0) is 13.2. The number of hydrogen-bond donors (Lipinski definition) is 1. The lowest BCUT2D eigenvalue weighted by Gasteiger charge is -2.36. The molecule has 0 unspecified atom stereocenters. The van der Waals surface area contributed by atoms with Gasteiger partial charge in [0.2, 0.25) is 0 Å². The van der Waals surface area contributed by atoms with Crippen LogP contribution in [0.2, 0.25) is 0 Å². The van der Waals surface area contributed by atoms with Gasteiger partial charge in [-0.15, -0.1) is 24.8 Å². The first-order valence-electron chi connectivity index (χ1n) is 7.08. The monoisotopic (exact) mass is 336 g/mol. The molecule has 120 valence electrons. The molecule has 1 atom stereocenters. The molecule has 1 saturated heterocycles. The highest BCUT2D eigenvalue weighted by molar-refractivity contribution is 5.85. The van der Waals surface area contributed by atoms with Gasteiger partial charge in [0.25, 0.3) is 0 Å². The van der Waals surface area contributed by atoms with E-state index < -0.39 is 0 Å². The Balaban J connectivity index is 0.00000110. The van der Waals surface area contributed by atoms with E-state index in [4.69, 9.17) is 4.74 Å². The van der Waals surface area contributed by atoms with Crippen molar-refractivity contribution in [2.45, 2.75) is 18.9 Å². The van der Waals surface area contributed by atoms with Crippen molar-refractivity contribution in [1.82, 2.24) is 10.2 Å². The van der Waals surface area contributed by atoms with E-state index in [1.165, 1.54) is 18.9 Å². The van der Waals surface area contributed by atoms with E-state index in [2.05, 4.69) is 10.2 Å². The van der Waals surface area contributed by atoms with Crippen molar-refractivity contribution in [2.24, 2.45) is 5.92 Å². The maximum Gasteiger partial charge on any atom is 0.126 e. The average molecular weight is 337 g/mol. The summed E-state index contributed by atoms with van der Waals surface area (Å²) in [6, 6.07) is 5.35. The van der Waals surface area contributed by atoms with Crippen LogP contribution in [0.1, 0.15) is 24.4 Å². The Bertz CT molecular complexity index is 451. The summed E-state index contributed by atoms with van der Waals surface area (Å²) >= 11 is 0. The second kappa shape index (κ2) is 8.18. The van der Waals surface area contributed by atoms with Crippen LogP contribution >= 0.6 is 24.8 Å². The zero-order valence-corrected chi connectivity index (χ0v) is 13.8. The van der Waals surface area contributed by atoms with E-state index in [0.29, 0.717) is 17.7 Å². The van der Waals surface area contributed by atoms with E-state index in [1.807, 2.05) is 6.07 Å². The van der Waals surface area contributed by atoms with E-state index in [0.717, 1.165) is 31.7 Å². The number of benzene rings is 1. The number of nitrogens with zero attached hydrogens (tertiary/aromatic N) is 1. The molecule has 1 heterocycles. The summed E-state index contributed by atoms with van der Waals surface area (Å²) in [5, 5.41) is 3.39. The molecule has 21 heavy (non-hydrogen) atoms. The van der Waals surface area contributed by atoms with E-state index in [9.17, 15) is 4.39 Å². The summed E-state index contributed by atoms with van der Waals surface area (Å²) in [6.45, 7) is 4.18. The fraction of sp³-hybridized carbons (Fsp3) is 0.600. The van der Waals surface area contributed by atoms with Crippen LogP contribution in [0.25, 0.3) is 0 Å². The van der Waals surface area contributed by atoms with Gasteiger partial charge in [0.15, 0.2) is 0 Å². The molecular weight excluding hydrogens is 314 g/mol. The fourth-order valence-corrected chi connectivity index (χ4v) is 3.05. The first-order chi connectivity index (χ1) is 9.29. The fourth-order valence-electron chi connectivity index (χ4n) is 3.05. The Labute approximate surface area is 138 Å². The second-order valence-electron chi connectivity index (χ2n) is 5.45. The van der Waals surface area contributed by atoms with Gasteiger partial charge in [0.1, 0.15) is 11.6 Å². The average Bonchev–Trinajstić information content (AvgIpc) is 3.26. The molecule has 0 spiro atoms. The highest BCUT2D eigenvalue weighted by Gasteiger charge is 2.38. The van der Waals surface area contributed by atoms with Crippen molar-refractivity contribution in [3.05, 3.63) is 29.6 Å². The molecule has 0 bridgehead atoms. The topological polar surface area (TPSA) is 24.5 Å². The molecule has 1 aliphatic carbocycles. The van der Waals surface area contributed by atoms with Crippen molar-refractivity contribution in [3.63, 3.8) is 0 Å². The van der Waals surface area contributed by atoms with Crippen LogP contribution in [-0.2, 0) is 0 Å². The lowest BCUT2D eigenvalue weighted by Crippen LogP contribution is -2.45. The first-order valence-corrected chi connectivity index (χ1v) is 7.08. The number of rotatable bonds is 4. The molecule has 1 saturated carbocycles. The lowest BCUT2D eigenvalue weighted by molar-refractivity contribution is 0.153. The predicted molar refractivity (Wildman–Crippen MR) is 87.4 cm³/mol. The van der Waals surface area contributed by atoms with Gasteiger partial charge in [-0.1, -0.05) is 6.07 Å². The van der Waals surface area contributed by atoms with Gasteiger partial charge in [0.05, 0.1) is 7.11 Å². The number of methoxy groups -OCH3 is 1. The van der Waals surface area contributed by atoms with E-state index in [1.54, 1.807) is 13.2 Å². The van der Waals surface area contributed by atoms with Crippen molar-refractivity contribution in [2.75, 3.05) is 33.3 Å². The molecule has 1 aliphatic heterocycles. The van der Waals surface area contributed by atoms with Crippen LogP contribution in [0.5, 0.6) is 5.75 Å². The smallest absolute Gasteiger partial charge is 0.126 e. The maximum absolute atomic E-state index is 13.4. The normalized spacial score (nSPS) is 20.1. The summed E-state index contributed by atoms with van der Waals surface area (Å²) < 4.78 is 18.7. The van der Waals surface area contributed by atoms with Crippen LogP contribution in [0.15, 0.2) is 18.2 Å². The number of piperazine rings is 1. The van der Waals surface area contributed by atoms with Gasteiger partial charge in [-0.05, 0) is 24.8 Å². The number of halogens is 3. The third kappa shape index (κ3) is 4.22. The minimum Gasteiger partial charge on any atom is -0.496 e. The second-order valence-corrected chi connectivity index (χ2v) is 5.45. The van der Waals surface area contributed by atoms with Crippen LogP contribution in [0, 0.1) is 11.7 Å². The van der Waals surface area contributed by atoms with Gasteiger partial charge < -0.3 is 10.1 Å². The Kier molecular flexibility index (Phi) is 7.21. The van der Waals surface area contributed by atoms with Gasteiger partial charge in [-0.3, -0.25) is 4.90 Å². The van der Waals surface area contributed by atoms with E-state index >= 15 is 0 Å². The minimum absolute atomic E-state index is 0. The zero-order valence-electron chi connectivity index (χ0n) is 12.2. The third-order valence-electron chi connectivity index (χ3n) is 4.13. The third-order valence-corrected chi connectivity index (χ3v) is 4.13. The Morgan fingerprint density at radius 3 is 2.48 bits per heavy atom.